The Labute approximate surface area is 155 Å². The SMILES string of the molecule is CCOC(=O)c1ccc(NC(=O)CSc2nc3ccc(C)cc3[nH]2)cc1. The third-order valence-corrected chi connectivity index (χ3v) is 4.51. The molecule has 0 aliphatic rings. The van der Waals surface area contributed by atoms with Crippen LogP contribution in [0.3, 0.4) is 0 Å². The zero-order valence-electron chi connectivity index (χ0n) is 14.5. The topological polar surface area (TPSA) is 84.1 Å². The van der Waals surface area contributed by atoms with Crippen LogP contribution in [0, 0.1) is 6.92 Å². The molecule has 26 heavy (non-hydrogen) atoms. The summed E-state index contributed by atoms with van der Waals surface area (Å²) >= 11 is 1.34. The number of anilines is 1. The molecule has 1 aromatic heterocycles. The summed E-state index contributed by atoms with van der Waals surface area (Å²) in [4.78, 5) is 31.4. The van der Waals surface area contributed by atoms with E-state index in [4.69, 9.17) is 4.74 Å². The van der Waals surface area contributed by atoms with Gasteiger partial charge in [-0.05, 0) is 55.8 Å². The first-order chi connectivity index (χ1) is 12.5. The van der Waals surface area contributed by atoms with Gasteiger partial charge in [0.05, 0.1) is 29.0 Å². The van der Waals surface area contributed by atoms with Gasteiger partial charge < -0.3 is 15.0 Å². The van der Waals surface area contributed by atoms with Crippen molar-refractivity contribution in [2.45, 2.75) is 19.0 Å². The lowest BCUT2D eigenvalue weighted by molar-refractivity contribution is -0.113. The molecule has 1 heterocycles. The monoisotopic (exact) mass is 369 g/mol. The number of carbonyl (C=O) groups is 2. The van der Waals surface area contributed by atoms with Crippen LogP contribution in [-0.2, 0) is 9.53 Å². The number of nitrogens with zero attached hydrogens (tertiary/aromatic N) is 1. The normalized spacial score (nSPS) is 10.7. The molecule has 7 heteroatoms. The Bertz CT molecular complexity index is 935. The van der Waals surface area contributed by atoms with Crippen LogP contribution in [0.2, 0.25) is 0 Å². The number of H-pyrrole nitrogens is 1. The van der Waals surface area contributed by atoms with E-state index in [1.165, 1.54) is 11.8 Å². The number of rotatable bonds is 6. The lowest BCUT2D eigenvalue weighted by Crippen LogP contribution is -2.14. The predicted molar refractivity (Wildman–Crippen MR) is 103 cm³/mol. The molecule has 0 atom stereocenters. The van der Waals surface area contributed by atoms with Crippen LogP contribution in [-0.4, -0.2) is 34.2 Å². The molecule has 3 rings (SSSR count). The summed E-state index contributed by atoms with van der Waals surface area (Å²) in [5.41, 5.74) is 4.08. The molecule has 0 bridgehead atoms. The van der Waals surface area contributed by atoms with E-state index < -0.39 is 0 Å². The van der Waals surface area contributed by atoms with E-state index in [0.717, 1.165) is 16.6 Å². The minimum atomic E-state index is -0.374. The molecule has 6 nitrogen and oxygen atoms in total. The average molecular weight is 369 g/mol. The quantitative estimate of drug-likeness (QED) is 0.510. The number of aromatic nitrogens is 2. The van der Waals surface area contributed by atoms with Gasteiger partial charge in [0.1, 0.15) is 0 Å². The number of ether oxygens (including phenoxy) is 1. The van der Waals surface area contributed by atoms with E-state index in [1.807, 2.05) is 25.1 Å². The number of thioether (sulfide) groups is 1. The summed E-state index contributed by atoms with van der Waals surface area (Å²) in [6.45, 7) is 4.11. The Morgan fingerprint density at radius 1 is 1.19 bits per heavy atom. The number of aromatic amines is 1. The molecule has 0 saturated heterocycles. The zero-order valence-corrected chi connectivity index (χ0v) is 15.4. The van der Waals surface area contributed by atoms with Crippen LogP contribution >= 0.6 is 11.8 Å². The second-order valence-electron chi connectivity index (χ2n) is 5.70. The van der Waals surface area contributed by atoms with E-state index in [2.05, 4.69) is 15.3 Å². The highest BCUT2D eigenvalue weighted by atomic mass is 32.2. The molecule has 0 aliphatic heterocycles. The number of hydrogen-bond acceptors (Lipinski definition) is 5. The Morgan fingerprint density at radius 3 is 2.69 bits per heavy atom. The number of imidazole rings is 1. The molecule has 0 fully saturated rings. The lowest BCUT2D eigenvalue weighted by Gasteiger charge is -2.06. The number of hydrogen-bond donors (Lipinski definition) is 2. The van der Waals surface area contributed by atoms with Crippen LogP contribution in [0.15, 0.2) is 47.6 Å². The van der Waals surface area contributed by atoms with Gasteiger partial charge in [-0.3, -0.25) is 4.79 Å². The van der Waals surface area contributed by atoms with Gasteiger partial charge >= 0.3 is 5.97 Å². The molecule has 134 valence electrons. The highest BCUT2D eigenvalue weighted by Gasteiger charge is 2.09. The molecule has 0 spiro atoms. The van der Waals surface area contributed by atoms with Crippen molar-refractivity contribution in [1.29, 1.82) is 0 Å². The largest absolute Gasteiger partial charge is 0.462 e. The number of nitrogens with one attached hydrogen (secondary N) is 2. The van der Waals surface area contributed by atoms with Crippen molar-refractivity contribution >= 4 is 40.4 Å². The second-order valence-corrected chi connectivity index (χ2v) is 6.66. The third kappa shape index (κ3) is 4.43. The van der Waals surface area contributed by atoms with Gasteiger partial charge in [-0.25, -0.2) is 9.78 Å². The average Bonchev–Trinajstić information content (AvgIpc) is 3.03. The molecule has 3 aromatic rings. The van der Waals surface area contributed by atoms with E-state index in [9.17, 15) is 9.59 Å². The highest BCUT2D eigenvalue weighted by molar-refractivity contribution is 7.99. The minimum Gasteiger partial charge on any atom is -0.462 e. The van der Waals surface area contributed by atoms with E-state index in [0.29, 0.717) is 23.0 Å². The first-order valence-electron chi connectivity index (χ1n) is 8.21. The van der Waals surface area contributed by atoms with E-state index in [-0.39, 0.29) is 17.6 Å². The van der Waals surface area contributed by atoms with Crippen molar-refractivity contribution in [2.75, 3.05) is 17.7 Å². The Kier molecular flexibility index (Phi) is 5.58. The Balaban J connectivity index is 1.55. The van der Waals surface area contributed by atoms with Gasteiger partial charge in [-0.1, -0.05) is 17.8 Å². The van der Waals surface area contributed by atoms with Gasteiger partial charge in [0, 0.05) is 5.69 Å². The highest BCUT2D eigenvalue weighted by Crippen LogP contribution is 2.20. The summed E-state index contributed by atoms with van der Waals surface area (Å²) in [5.74, 6) is -0.283. The summed E-state index contributed by atoms with van der Waals surface area (Å²) in [7, 11) is 0. The first kappa shape index (κ1) is 18.0. The zero-order chi connectivity index (χ0) is 18.5. The van der Waals surface area contributed by atoms with Crippen molar-refractivity contribution in [1.82, 2.24) is 9.97 Å². The molecule has 0 aliphatic carbocycles. The first-order valence-corrected chi connectivity index (χ1v) is 9.20. The standard InChI is InChI=1S/C19H19N3O3S/c1-3-25-18(24)13-5-7-14(8-6-13)20-17(23)11-26-19-21-15-9-4-12(2)10-16(15)22-19/h4-10H,3,11H2,1-2H3,(H,20,23)(H,21,22). The smallest absolute Gasteiger partial charge is 0.338 e. The van der Waals surface area contributed by atoms with Crippen molar-refractivity contribution in [3.05, 3.63) is 53.6 Å². The molecule has 2 aromatic carbocycles. The number of benzene rings is 2. The maximum Gasteiger partial charge on any atom is 0.338 e. The van der Waals surface area contributed by atoms with Crippen molar-refractivity contribution in [3.63, 3.8) is 0 Å². The fourth-order valence-corrected chi connectivity index (χ4v) is 3.09. The molecule has 0 saturated carbocycles. The maximum atomic E-state index is 12.1. The molecule has 0 unspecified atom stereocenters. The van der Waals surface area contributed by atoms with Gasteiger partial charge in [0.2, 0.25) is 5.91 Å². The molecular weight excluding hydrogens is 350 g/mol. The summed E-state index contributed by atoms with van der Waals surface area (Å²) in [6.07, 6.45) is 0. The number of carbonyl (C=O) groups excluding carboxylic acids is 2. The Hall–Kier alpha value is -2.80. The van der Waals surface area contributed by atoms with Crippen LogP contribution < -0.4 is 5.32 Å². The second kappa shape index (κ2) is 8.05. The summed E-state index contributed by atoms with van der Waals surface area (Å²) < 4.78 is 4.93. The Morgan fingerprint density at radius 2 is 1.96 bits per heavy atom. The van der Waals surface area contributed by atoms with Crippen molar-refractivity contribution < 1.29 is 14.3 Å². The molecule has 1 amide bonds. The fourth-order valence-electron chi connectivity index (χ4n) is 2.40. The summed E-state index contributed by atoms with van der Waals surface area (Å²) in [5, 5.41) is 3.51. The number of aryl methyl sites for hydroxylation is 1. The molecular formula is C19H19N3O3S. The molecule has 0 radical (unpaired) electrons. The van der Waals surface area contributed by atoms with E-state index >= 15 is 0 Å². The minimum absolute atomic E-state index is 0.143. The van der Waals surface area contributed by atoms with Gasteiger partial charge in [0.15, 0.2) is 5.16 Å². The number of esters is 1. The number of fused-ring (bicyclic) bond motifs is 1. The van der Waals surface area contributed by atoms with Gasteiger partial charge in [-0.15, -0.1) is 0 Å². The van der Waals surface area contributed by atoms with Crippen molar-refractivity contribution in [3.8, 4) is 0 Å². The predicted octanol–water partition coefficient (Wildman–Crippen LogP) is 3.78. The van der Waals surface area contributed by atoms with Gasteiger partial charge in [-0.2, -0.15) is 0 Å². The summed E-state index contributed by atoms with van der Waals surface area (Å²) in [6, 6.07) is 12.6. The lowest BCUT2D eigenvalue weighted by atomic mass is 10.2. The van der Waals surface area contributed by atoms with Crippen LogP contribution in [0.25, 0.3) is 11.0 Å². The number of amides is 1. The maximum absolute atomic E-state index is 12.1. The van der Waals surface area contributed by atoms with Crippen LogP contribution in [0.4, 0.5) is 5.69 Å². The van der Waals surface area contributed by atoms with Crippen LogP contribution in [0.1, 0.15) is 22.8 Å². The molecule has 2 N–H and O–H groups in total. The third-order valence-electron chi connectivity index (χ3n) is 3.64. The van der Waals surface area contributed by atoms with Gasteiger partial charge in [0.25, 0.3) is 0 Å². The van der Waals surface area contributed by atoms with Crippen molar-refractivity contribution in [2.24, 2.45) is 0 Å². The fraction of sp³-hybridized carbons (Fsp3) is 0.211. The van der Waals surface area contributed by atoms with Crippen LogP contribution in [0.5, 0.6) is 0 Å². The van der Waals surface area contributed by atoms with E-state index in [1.54, 1.807) is 31.2 Å².